The van der Waals surface area contributed by atoms with E-state index < -0.39 is 11.8 Å². The summed E-state index contributed by atoms with van der Waals surface area (Å²) < 4.78 is 0.666. The minimum atomic E-state index is -0.417. The molecule has 32 heavy (non-hydrogen) atoms. The zero-order valence-corrected chi connectivity index (χ0v) is 19.0. The lowest BCUT2D eigenvalue weighted by Gasteiger charge is -2.18. The summed E-state index contributed by atoms with van der Waals surface area (Å²) in [6, 6.07) is 13.4. The first-order valence-electron chi connectivity index (χ1n) is 9.37. The Labute approximate surface area is 197 Å². The number of nitrogens with one attached hydrogen (secondary N) is 2. The number of anilines is 2. The van der Waals surface area contributed by atoms with Gasteiger partial charge in [-0.05, 0) is 61.0 Å². The van der Waals surface area contributed by atoms with Gasteiger partial charge in [-0.2, -0.15) is 5.26 Å². The molecule has 0 saturated carbocycles. The van der Waals surface area contributed by atoms with Gasteiger partial charge in [0.25, 0.3) is 11.8 Å². The highest BCUT2D eigenvalue weighted by molar-refractivity contribution is 7.16. The molecule has 0 bridgehead atoms. The van der Waals surface area contributed by atoms with E-state index in [1.165, 1.54) is 17.4 Å². The van der Waals surface area contributed by atoms with Crippen LogP contribution in [0.2, 0.25) is 9.36 Å². The lowest BCUT2D eigenvalue weighted by Crippen LogP contribution is -2.30. The number of carbonyl (C=O) groups is 2. The molecule has 0 aliphatic carbocycles. The van der Waals surface area contributed by atoms with Crippen LogP contribution in [0.3, 0.4) is 0 Å². The summed E-state index contributed by atoms with van der Waals surface area (Å²) in [7, 11) is 0. The number of carbonyl (C=O) groups excluding carboxylic acids is 2. The maximum atomic E-state index is 12.8. The number of thiophene rings is 1. The van der Waals surface area contributed by atoms with Gasteiger partial charge in [-0.25, -0.2) is 9.89 Å². The Bertz CT molecular complexity index is 1310. The zero-order chi connectivity index (χ0) is 22.8. The van der Waals surface area contributed by atoms with Crippen LogP contribution >= 0.6 is 34.5 Å². The van der Waals surface area contributed by atoms with Gasteiger partial charge >= 0.3 is 0 Å². The molecule has 4 rings (SSSR count). The van der Waals surface area contributed by atoms with E-state index in [0.29, 0.717) is 38.4 Å². The normalized spacial score (nSPS) is 13.2. The molecule has 10 heteroatoms. The highest BCUT2D eigenvalue weighted by Crippen LogP contribution is 2.33. The van der Waals surface area contributed by atoms with Gasteiger partial charge in [0.1, 0.15) is 0 Å². The number of benzene rings is 2. The highest BCUT2D eigenvalue weighted by Gasteiger charge is 2.37. The number of nitriles is 1. The third-order valence-corrected chi connectivity index (χ3v) is 6.20. The van der Waals surface area contributed by atoms with E-state index in [2.05, 4.69) is 15.6 Å². The van der Waals surface area contributed by atoms with E-state index in [1.54, 1.807) is 43.3 Å². The predicted molar refractivity (Wildman–Crippen MR) is 127 cm³/mol. The summed E-state index contributed by atoms with van der Waals surface area (Å²) in [6.45, 7) is 2.14. The van der Waals surface area contributed by atoms with Crippen molar-refractivity contribution in [2.24, 2.45) is 4.99 Å². The van der Waals surface area contributed by atoms with Crippen molar-refractivity contribution < 1.29 is 9.59 Å². The molecule has 0 saturated heterocycles. The molecule has 1 aliphatic heterocycles. The number of halogens is 2. The smallest absolute Gasteiger partial charge is 0.266 e. The van der Waals surface area contributed by atoms with Crippen LogP contribution in [0.1, 0.15) is 31.2 Å². The van der Waals surface area contributed by atoms with E-state index in [4.69, 9.17) is 28.5 Å². The molecule has 0 atom stereocenters. The van der Waals surface area contributed by atoms with Crippen molar-refractivity contribution in [3.05, 3.63) is 79.5 Å². The van der Waals surface area contributed by atoms with Crippen LogP contribution < -0.4 is 15.5 Å². The average Bonchev–Trinajstić information content (AvgIpc) is 3.28. The SMILES string of the molecule is Cc1cc(NC(=NCc2ccc(Cl)s2)NC#N)ccc1N1C(=O)c2ccc(Cl)cc2C1=O. The Balaban J connectivity index is 1.56. The van der Waals surface area contributed by atoms with E-state index in [1.807, 2.05) is 12.3 Å². The number of aryl methyl sites for hydroxylation is 1. The first kappa shape index (κ1) is 21.8. The van der Waals surface area contributed by atoms with Crippen LogP contribution in [0.5, 0.6) is 0 Å². The number of rotatable bonds is 4. The Morgan fingerprint density at radius 3 is 2.56 bits per heavy atom. The molecule has 0 fully saturated rings. The second-order valence-electron chi connectivity index (χ2n) is 6.87. The fraction of sp³-hybridized carbons (Fsp3) is 0.0909. The Kier molecular flexibility index (Phi) is 6.15. The topological polar surface area (TPSA) is 97.6 Å². The number of hydrogen-bond acceptors (Lipinski definition) is 5. The second-order valence-corrected chi connectivity index (χ2v) is 9.11. The molecule has 0 radical (unpaired) electrons. The number of aliphatic imine (C=N–C) groups is 1. The average molecular weight is 484 g/mol. The Hall–Kier alpha value is -3.38. The van der Waals surface area contributed by atoms with E-state index >= 15 is 0 Å². The van der Waals surface area contributed by atoms with E-state index in [-0.39, 0.29) is 11.5 Å². The third-order valence-electron chi connectivity index (χ3n) is 4.75. The highest BCUT2D eigenvalue weighted by atomic mass is 35.5. The molecule has 3 aromatic rings. The predicted octanol–water partition coefficient (Wildman–Crippen LogP) is 5.20. The molecular formula is C22H15Cl2N5O2S. The van der Waals surface area contributed by atoms with Crippen LogP contribution in [-0.4, -0.2) is 17.8 Å². The van der Waals surface area contributed by atoms with Crippen LogP contribution in [0.15, 0.2) is 53.5 Å². The van der Waals surface area contributed by atoms with Crippen molar-refractivity contribution in [2.75, 3.05) is 10.2 Å². The van der Waals surface area contributed by atoms with Crippen molar-refractivity contribution in [2.45, 2.75) is 13.5 Å². The summed E-state index contributed by atoms with van der Waals surface area (Å²) in [4.78, 5) is 32.1. The maximum absolute atomic E-state index is 12.8. The number of amides is 2. The fourth-order valence-corrected chi connectivity index (χ4v) is 4.49. The fourth-order valence-electron chi connectivity index (χ4n) is 3.31. The summed E-state index contributed by atoms with van der Waals surface area (Å²) in [5.74, 6) is -0.549. The molecule has 1 aromatic heterocycles. The van der Waals surface area contributed by atoms with Crippen molar-refractivity contribution >= 4 is 63.7 Å². The monoisotopic (exact) mass is 483 g/mol. The number of imide groups is 1. The van der Waals surface area contributed by atoms with Gasteiger partial charge in [-0.3, -0.25) is 14.9 Å². The van der Waals surface area contributed by atoms with Crippen LogP contribution in [0.4, 0.5) is 11.4 Å². The van der Waals surface area contributed by atoms with Crippen molar-refractivity contribution in [3.63, 3.8) is 0 Å². The first-order valence-corrected chi connectivity index (χ1v) is 10.9. The Morgan fingerprint density at radius 1 is 1.09 bits per heavy atom. The summed E-state index contributed by atoms with van der Waals surface area (Å²) in [5, 5.41) is 15.0. The molecular weight excluding hydrogens is 469 g/mol. The molecule has 160 valence electrons. The zero-order valence-electron chi connectivity index (χ0n) is 16.6. The van der Waals surface area contributed by atoms with Gasteiger partial charge < -0.3 is 5.32 Å². The quantitative estimate of drug-likeness (QED) is 0.174. The van der Waals surface area contributed by atoms with Gasteiger partial charge in [0.2, 0.25) is 5.96 Å². The number of guanidine groups is 1. The van der Waals surface area contributed by atoms with E-state index in [0.717, 1.165) is 9.78 Å². The number of hydrogen-bond donors (Lipinski definition) is 2. The van der Waals surface area contributed by atoms with E-state index in [9.17, 15) is 9.59 Å². The number of nitrogens with zero attached hydrogens (tertiary/aromatic N) is 3. The van der Waals surface area contributed by atoms with Crippen LogP contribution in [0, 0.1) is 18.4 Å². The maximum Gasteiger partial charge on any atom is 0.266 e. The molecule has 1 aliphatic rings. The molecule has 0 spiro atoms. The van der Waals surface area contributed by atoms with Crippen molar-refractivity contribution in [1.82, 2.24) is 5.32 Å². The van der Waals surface area contributed by atoms with Crippen LogP contribution in [0.25, 0.3) is 0 Å². The minimum Gasteiger partial charge on any atom is -0.326 e. The van der Waals surface area contributed by atoms with Gasteiger partial charge in [0.15, 0.2) is 6.19 Å². The van der Waals surface area contributed by atoms with Crippen molar-refractivity contribution in [3.8, 4) is 6.19 Å². The van der Waals surface area contributed by atoms with Gasteiger partial charge in [0.05, 0.1) is 27.7 Å². The minimum absolute atomic E-state index is 0.263. The van der Waals surface area contributed by atoms with Crippen molar-refractivity contribution in [1.29, 1.82) is 5.26 Å². The summed E-state index contributed by atoms with van der Waals surface area (Å²) in [6.07, 6.45) is 1.85. The molecule has 0 unspecified atom stereocenters. The van der Waals surface area contributed by atoms with Gasteiger partial charge in [-0.15, -0.1) is 11.3 Å². The largest absolute Gasteiger partial charge is 0.326 e. The summed E-state index contributed by atoms with van der Waals surface area (Å²) >= 11 is 13.3. The first-order chi connectivity index (χ1) is 15.4. The van der Waals surface area contributed by atoms with Crippen LogP contribution in [-0.2, 0) is 6.54 Å². The third kappa shape index (κ3) is 4.32. The molecule has 2 aromatic carbocycles. The lowest BCUT2D eigenvalue weighted by molar-refractivity contribution is 0.0926. The summed E-state index contributed by atoms with van der Waals surface area (Å²) in [5.41, 5.74) is 2.40. The Morgan fingerprint density at radius 2 is 1.88 bits per heavy atom. The number of fused-ring (bicyclic) bond motifs is 1. The van der Waals surface area contributed by atoms with Gasteiger partial charge in [-0.1, -0.05) is 23.2 Å². The lowest BCUT2D eigenvalue weighted by atomic mass is 10.1. The second kappa shape index (κ2) is 9.01. The molecule has 2 heterocycles. The molecule has 7 nitrogen and oxygen atoms in total. The standard InChI is InChI=1S/C22H15Cl2N5O2S/c1-12-8-14(28-22(27-11-25)26-10-15-4-7-19(24)32-15)3-6-18(12)29-20(30)16-5-2-13(23)9-17(16)21(29)31/h2-9H,10H2,1H3,(H2,26,27,28). The molecule has 2 amide bonds. The van der Waals surface area contributed by atoms with Gasteiger partial charge in [0, 0.05) is 15.6 Å². The molecule has 2 N–H and O–H groups in total.